The number of nitrogens with one attached hydrogen (secondary N) is 1. The van der Waals surface area contributed by atoms with Crippen LogP contribution in [0.2, 0.25) is 0 Å². The fourth-order valence-corrected chi connectivity index (χ4v) is 4.37. The zero-order valence-corrected chi connectivity index (χ0v) is 17.3. The topological polar surface area (TPSA) is 121 Å². The van der Waals surface area contributed by atoms with E-state index in [2.05, 4.69) is 19.9 Å². The molecule has 2 atom stereocenters. The number of aromatic nitrogens is 4. The van der Waals surface area contributed by atoms with E-state index in [1.54, 1.807) is 6.92 Å². The summed E-state index contributed by atoms with van der Waals surface area (Å²) in [5, 5.41) is 9.42. The maximum atomic E-state index is 12.4. The van der Waals surface area contributed by atoms with Gasteiger partial charge in [0.1, 0.15) is 0 Å². The third-order valence-electron chi connectivity index (χ3n) is 6.22. The average molecular weight is 411 g/mol. The molecule has 9 heteroatoms. The van der Waals surface area contributed by atoms with Crippen LogP contribution in [0, 0.1) is 19.8 Å². The molecule has 1 saturated heterocycles. The van der Waals surface area contributed by atoms with Crippen LogP contribution in [0.25, 0.3) is 22.6 Å². The quantitative estimate of drug-likeness (QED) is 0.609. The minimum atomic E-state index is -0.797. The molecule has 158 valence electrons. The van der Waals surface area contributed by atoms with Crippen LogP contribution in [0.15, 0.2) is 21.7 Å². The number of aliphatic carboxylic acids is 1. The van der Waals surface area contributed by atoms with Gasteiger partial charge in [0.25, 0.3) is 5.56 Å². The number of hydrogen-bond donors (Lipinski definition) is 2. The highest BCUT2D eigenvalue weighted by molar-refractivity contribution is 5.81. The zero-order valence-electron chi connectivity index (χ0n) is 17.3. The average Bonchev–Trinajstić information content (AvgIpc) is 3.15. The van der Waals surface area contributed by atoms with E-state index >= 15 is 0 Å². The van der Waals surface area contributed by atoms with E-state index in [1.807, 2.05) is 30.5 Å². The van der Waals surface area contributed by atoms with Crippen LogP contribution < -0.4 is 11.2 Å². The Labute approximate surface area is 172 Å². The number of aromatic amines is 1. The molecule has 1 aromatic rings. The van der Waals surface area contributed by atoms with Crippen molar-refractivity contribution in [2.75, 3.05) is 13.1 Å². The van der Waals surface area contributed by atoms with Gasteiger partial charge in [0.2, 0.25) is 0 Å². The van der Waals surface area contributed by atoms with Gasteiger partial charge in [0, 0.05) is 19.1 Å². The van der Waals surface area contributed by atoms with Gasteiger partial charge in [-0.3, -0.25) is 19.5 Å². The summed E-state index contributed by atoms with van der Waals surface area (Å²) >= 11 is 0. The van der Waals surface area contributed by atoms with E-state index in [1.165, 1.54) is 0 Å². The third-order valence-corrected chi connectivity index (χ3v) is 6.22. The normalized spacial score (nSPS) is 18.3. The highest BCUT2D eigenvalue weighted by atomic mass is 16.4. The maximum absolute atomic E-state index is 12.4. The number of carboxylic acids is 1. The summed E-state index contributed by atoms with van der Waals surface area (Å²) in [4.78, 5) is 48.6. The van der Waals surface area contributed by atoms with Crippen LogP contribution >= 0.6 is 0 Å². The van der Waals surface area contributed by atoms with E-state index < -0.39 is 23.1 Å². The Balaban J connectivity index is 1.80. The SMILES string of the molecule is Cc1cc2nc3c(=O)[nH]c(=O)nc-3n(CCN3CCCC3C(C)C(=O)O)c2cc1C. The number of carboxylic acid groups (broad SMARTS) is 1. The number of benzene rings is 1. The van der Waals surface area contributed by atoms with Crippen molar-refractivity contribution in [3.8, 4) is 11.5 Å². The first-order chi connectivity index (χ1) is 14.3. The molecule has 4 rings (SSSR count). The Kier molecular flexibility index (Phi) is 5.15. The van der Waals surface area contributed by atoms with Crippen molar-refractivity contribution in [1.29, 1.82) is 0 Å². The predicted octanol–water partition coefficient (Wildman–Crippen LogP) is 1.39. The summed E-state index contributed by atoms with van der Waals surface area (Å²) in [7, 11) is 0. The molecule has 1 fully saturated rings. The van der Waals surface area contributed by atoms with Gasteiger partial charge in [0.05, 0.1) is 17.0 Å². The minimum absolute atomic E-state index is 0.0297. The lowest BCUT2D eigenvalue weighted by atomic mass is 10.00. The Hall–Kier alpha value is -3.07. The molecule has 0 bridgehead atoms. The summed E-state index contributed by atoms with van der Waals surface area (Å²) in [6.07, 6.45) is 1.79. The number of likely N-dealkylation sites (tertiary alicyclic amines) is 1. The van der Waals surface area contributed by atoms with Gasteiger partial charge in [-0.1, -0.05) is 6.92 Å². The monoisotopic (exact) mass is 411 g/mol. The fraction of sp³-hybridized carbons (Fsp3) is 0.476. The number of carbonyl (C=O) groups is 1. The largest absolute Gasteiger partial charge is 0.481 e. The molecule has 0 amide bonds. The molecule has 2 unspecified atom stereocenters. The maximum Gasteiger partial charge on any atom is 0.349 e. The van der Waals surface area contributed by atoms with E-state index in [9.17, 15) is 19.5 Å². The van der Waals surface area contributed by atoms with E-state index in [4.69, 9.17) is 0 Å². The van der Waals surface area contributed by atoms with Crippen LogP contribution in [0.5, 0.6) is 0 Å². The standard InChI is InChI=1S/C21H25N5O4/c1-11-9-14-16(10-12(11)2)26(18-17(22-14)19(27)24-21(30)23-18)8-7-25-6-4-5-15(25)13(3)20(28)29/h9-10,13,15H,4-8H2,1-3H3,(H,28,29)(H,24,27,30). The molecule has 0 aliphatic carbocycles. The Morgan fingerprint density at radius 1 is 1.23 bits per heavy atom. The molecule has 3 aliphatic rings. The molecular formula is C21H25N5O4. The molecule has 0 saturated carbocycles. The van der Waals surface area contributed by atoms with Crippen molar-refractivity contribution in [3.05, 3.63) is 44.1 Å². The second kappa shape index (κ2) is 7.64. The highest BCUT2D eigenvalue weighted by Crippen LogP contribution is 2.26. The number of H-pyrrole nitrogens is 1. The summed E-state index contributed by atoms with van der Waals surface area (Å²) in [5.41, 5.74) is 2.45. The molecule has 1 aromatic carbocycles. The molecule has 3 aliphatic heterocycles. The Bertz CT molecular complexity index is 1210. The second-order valence-electron chi connectivity index (χ2n) is 8.10. The van der Waals surface area contributed by atoms with Crippen molar-refractivity contribution in [1.82, 2.24) is 24.4 Å². The molecule has 0 aromatic heterocycles. The zero-order chi connectivity index (χ0) is 21.6. The van der Waals surface area contributed by atoms with Crippen molar-refractivity contribution in [2.45, 2.75) is 46.2 Å². The first-order valence-electron chi connectivity index (χ1n) is 10.1. The van der Waals surface area contributed by atoms with Crippen LogP contribution in [0.1, 0.15) is 30.9 Å². The number of aryl methyl sites for hydroxylation is 2. The van der Waals surface area contributed by atoms with Crippen molar-refractivity contribution < 1.29 is 9.90 Å². The lowest BCUT2D eigenvalue weighted by Crippen LogP contribution is -2.40. The first-order valence-corrected chi connectivity index (χ1v) is 10.1. The van der Waals surface area contributed by atoms with Crippen LogP contribution in [0.4, 0.5) is 0 Å². The highest BCUT2D eigenvalue weighted by Gasteiger charge is 2.33. The van der Waals surface area contributed by atoms with Crippen LogP contribution in [0.3, 0.4) is 0 Å². The van der Waals surface area contributed by atoms with E-state index in [0.717, 1.165) is 36.0 Å². The minimum Gasteiger partial charge on any atom is -0.481 e. The molecule has 0 radical (unpaired) electrons. The number of fused-ring (bicyclic) bond motifs is 2. The molecular weight excluding hydrogens is 386 g/mol. The van der Waals surface area contributed by atoms with Crippen molar-refractivity contribution >= 4 is 17.0 Å². The van der Waals surface area contributed by atoms with Crippen molar-refractivity contribution in [3.63, 3.8) is 0 Å². The summed E-state index contributed by atoms with van der Waals surface area (Å²) in [6.45, 7) is 7.61. The van der Waals surface area contributed by atoms with Gasteiger partial charge >= 0.3 is 11.7 Å². The van der Waals surface area contributed by atoms with Gasteiger partial charge in [-0.2, -0.15) is 4.98 Å². The molecule has 0 spiro atoms. The molecule has 2 N–H and O–H groups in total. The van der Waals surface area contributed by atoms with Gasteiger partial charge in [0.15, 0.2) is 11.5 Å². The first kappa shape index (κ1) is 20.2. The second-order valence-corrected chi connectivity index (χ2v) is 8.10. The molecule has 30 heavy (non-hydrogen) atoms. The third kappa shape index (κ3) is 3.49. The van der Waals surface area contributed by atoms with Crippen LogP contribution in [-0.2, 0) is 11.3 Å². The lowest BCUT2D eigenvalue weighted by molar-refractivity contribution is -0.143. The number of hydrogen-bond acceptors (Lipinski definition) is 6. The number of nitrogens with zero attached hydrogens (tertiary/aromatic N) is 4. The fourth-order valence-electron chi connectivity index (χ4n) is 4.37. The van der Waals surface area contributed by atoms with Gasteiger partial charge in [-0.05, 0) is 56.5 Å². The smallest absolute Gasteiger partial charge is 0.349 e. The van der Waals surface area contributed by atoms with Crippen molar-refractivity contribution in [2.24, 2.45) is 5.92 Å². The molecule has 9 nitrogen and oxygen atoms in total. The Morgan fingerprint density at radius 2 is 1.97 bits per heavy atom. The van der Waals surface area contributed by atoms with Crippen LogP contribution in [-0.4, -0.2) is 54.6 Å². The number of rotatable bonds is 5. The molecule has 3 heterocycles. The van der Waals surface area contributed by atoms with Gasteiger partial charge in [-0.25, -0.2) is 9.78 Å². The lowest BCUT2D eigenvalue weighted by Gasteiger charge is -2.28. The predicted molar refractivity (Wildman–Crippen MR) is 112 cm³/mol. The van der Waals surface area contributed by atoms with Gasteiger partial charge in [-0.15, -0.1) is 0 Å². The van der Waals surface area contributed by atoms with E-state index in [-0.39, 0.29) is 17.6 Å². The van der Waals surface area contributed by atoms with E-state index in [0.29, 0.717) is 18.6 Å². The van der Waals surface area contributed by atoms with Gasteiger partial charge < -0.3 is 9.67 Å². The Morgan fingerprint density at radius 3 is 2.70 bits per heavy atom. The summed E-state index contributed by atoms with van der Waals surface area (Å²) in [5.74, 6) is -1.00. The summed E-state index contributed by atoms with van der Waals surface area (Å²) < 4.78 is 1.86. The summed E-state index contributed by atoms with van der Waals surface area (Å²) in [6, 6.07) is 3.89.